The summed E-state index contributed by atoms with van der Waals surface area (Å²) >= 11 is 0. The van der Waals surface area contributed by atoms with Crippen molar-refractivity contribution in [2.24, 2.45) is 0 Å². The first-order chi connectivity index (χ1) is 14.9. The van der Waals surface area contributed by atoms with E-state index >= 15 is 0 Å². The summed E-state index contributed by atoms with van der Waals surface area (Å²) in [6.45, 7) is 8.31. The maximum Gasteiger partial charge on any atom is 0.296 e. The zero-order valence-electron chi connectivity index (χ0n) is 17.7. The highest BCUT2D eigenvalue weighted by Gasteiger charge is 2.37. The van der Waals surface area contributed by atoms with Crippen LogP contribution in [0.4, 0.5) is 11.4 Å². The maximum absolute atomic E-state index is 12.1. The van der Waals surface area contributed by atoms with Crippen LogP contribution >= 0.6 is 0 Å². The number of hydrogen-bond donors (Lipinski definition) is 1. The van der Waals surface area contributed by atoms with E-state index in [1.165, 1.54) is 17.2 Å². The van der Waals surface area contributed by atoms with Gasteiger partial charge in [0, 0.05) is 12.2 Å². The molecule has 160 valence electrons. The van der Waals surface area contributed by atoms with E-state index in [1.807, 2.05) is 35.2 Å². The van der Waals surface area contributed by atoms with Gasteiger partial charge in [0.25, 0.3) is 10.1 Å². The van der Waals surface area contributed by atoms with Crippen molar-refractivity contribution in [2.45, 2.75) is 37.6 Å². The second kappa shape index (κ2) is 8.73. The fourth-order valence-corrected chi connectivity index (χ4v) is 4.91. The van der Waals surface area contributed by atoms with Gasteiger partial charge < -0.3 is 9.80 Å². The molecule has 0 unspecified atom stereocenters. The molecule has 31 heavy (non-hydrogen) atoms. The number of hydrogen-bond acceptors (Lipinski definition) is 4. The van der Waals surface area contributed by atoms with Crippen molar-refractivity contribution in [1.82, 2.24) is 0 Å². The highest BCUT2D eigenvalue weighted by Crippen LogP contribution is 2.42. The van der Waals surface area contributed by atoms with Crippen LogP contribution in [0.1, 0.15) is 36.6 Å². The Balaban J connectivity index is 1.84. The summed E-state index contributed by atoms with van der Waals surface area (Å²) in [4.78, 5) is 3.81. The van der Waals surface area contributed by atoms with Crippen LogP contribution in [-0.2, 0) is 23.0 Å². The second-order valence-electron chi connectivity index (χ2n) is 7.58. The highest BCUT2D eigenvalue weighted by molar-refractivity contribution is 7.86. The van der Waals surface area contributed by atoms with Gasteiger partial charge in [0.15, 0.2) is 0 Å². The van der Waals surface area contributed by atoms with Crippen molar-refractivity contribution < 1.29 is 13.0 Å². The van der Waals surface area contributed by atoms with E-state index in [0.29, 0.717) is 12.2 Å². The molecule has 0 aromatic heterocycles. The quantitative estimate of drug-likeness (QED) is 0.546. The zero-order valence-corrected chi connectivity index (χ0v) is 18.5. The van der Waals surface area contributed by atoms with Gasteiger partial charge in [-0.15, -0.1) is 0 Å². The SMILES string of the molecule is CCc1cccc(CC)c1N1[C]N(c2ccccc2S(=O)(=O)O)[C@H](c2ccccc2)C1. The van der Waals surface area contributed by atoms with E-state index in [1.54, 1.807) is 18.2 Å². The van der Waals surface area contributed by atoms with Crippen LogP contribution in [0.3, 0.4) is 0 Å². The second-order valence-corrected chi connectivity index (χ2v) is 8.97. The van der Waals surface area contributed by atoms with E-state index < -0.39 is 10.1 Å². The third-order valence-corrected chi connectivity index (χ3v) is 6.62. The summed E-state index contributed by atoms with van der Waals surface area (Å²) in [6.07, 6.45) is 1.78. The lowest BCUT2D eigenvalue weighted by Gasteiger charge is -2.26. The molecule has 1 fully saturated rings. The molecule has 1 saturated heterocycles. The lowest BCUT2D eigenvalue weighted by molar-refractivity contribution is 0.483. The Labute approximate surface area is 184 Å². The van der Waals surface area contributed by atoms with Crippen LogP contribution < -0.4 is 9.80 Å². The molecule has 3 aromatic rings. The normalized spacial score (nSPS) is 16.7. The summed E-state index contributed by atoms with van der Waals surface area (Å²) in [5.74, 6) is 0. The average molecular weight is 435 g/mol. The molecule has 0 saturated carbocycles. The van der Waals surface area contributed by atoms with Crippen molar-refractivity contribution >= 4 is 21.5 Å². The minimum Gasteiger partial charge on any atom is -0.338 e. The number of anilines is 2. The fraction of sp³-hybridized carbons (Fsp3) is 0.240. The monoisotopic (exact) mass is 434 g/mol. The first-order valence-electron chi connectivity index (χ1n) is 10.5. The van der Waals surface area contributed by atoms with Gasteiger partial charge in [-0.25, -0.2) is 0 Å². The molecule has 1 heterocycles. The molecule has 4 rings (SSSR count). The first kappa shape index (κ1) is 21.4. The minimum atomic E-state index is -4.38. The summed E-state index contributed by atoms with van der Waals surface area (Å²) in [6, 6.07) is 22.7. The molecule has 1 aliphatic rings. The molecule has 2 radical (unpaired) electrons. The third-order valence-electron chi connectivity index (χ3n) is 5.72. The summed E-state index contributed by atoms with van der Waals surface area (Å²) in [5, 5.41) is 0. The molecule has 1 aliphatic heterocycles. The van der Waals surface area contributed by atoms with E-state index in [0.717, 1.165) is 24.1 Å². The highest BCUT2D eigenvalue weighted by atomic mass is 32.2. The molecule has 1 N–H and O–H groups in total. The van der Waals surface area contributed by atoms with Gasteiger partial charge in [0.05, 0.1) is 11.7 Å². The maximum atomic E-state index is 12.1. The standard InChI is InChI=1S/C25H26N2O3S/c1-3-19-13-10-14-20(4-2)25(19)26-17-23(21-11-6-5-7-12-21)27(18-26)22-15-8-9-16-24(22)31(28,29)30/h5-16,23H,3-4,17H2,1-2H3,(H,28,29,30)/t23-/m0/s1. The van der Waals surface area contributed by atoms with Gasteiger partial charge in [-0.3, -0.25) is 4.55 Å². The Bertz CT molecular complexity index is 1140. The molecule has 0 bridgehead atoms. The van der Waals surface area contributed by atoms with Gasteiger partial charge >= 0.3 is 0 Å². The van der Waals surface area contributed by atoms with Crippen molar-refractivity contribution in [3.05, 3.63) is 96.2 Å². The number of para-hydroxylation sites is 2. The van der Waals surface area contributed by atoms with Crippen molar-refractivity contribution in [3.8, 4) is 0 Å². The smallest absolute Gasteiger partial charge is 0.296 e. The average Bonchev–Trinajstić information content (AvgIpc) is 3.23. The van der Waals surface area contributed by atoms with Crippen LogP contribution in [-0.4, -0.2) is 19.5 Å². The van der Waals surface area contributed by atoms with E-state index in [2.05, 4.69) is 43.6 Å². The lowest BCUT2D eigenvalue weighted by Crippen LogP contribution is -2.23. The number of benzene rings is 3. The predicted molar refractivity (Wildman–Crippen MR) is 124 cm³/mol. The van der Waals surface area contributed by atoms with Crippen LogP contribution in [0.5, 0.6) is 0 Å². The Morgan fingerprint density at radius 3 is 2.13 bits per heavy atom. The lowest BCUT2D eigenvalue weighted by atomic mass is 10.0. The van der Waals surface area contributed by atoms with Crippen molar-refractivity contribution in [1.29, 1.82) is 0 Å². The predicted octanol–water partition coefficient (Wildman–Crippen LogP) is 5.12. The number of rotatable bonds is 6. The Kier molecular flexibility index (Phi) is 6.03. The number of aryl methyl sites for hydroxylation is 2. The molecule has 6 heteroatoms. The number of nitrogens with zero attached hydrogens (tertiary/aromatic N) is 2. The van der Waals surface area contributed by atoms with Crippen LogP contribution in [0.15, 0.2) is 77.7 Å². The summed E-state index contributed by atoms with van der Waals surface area (Å²) < 4.78 is 34.0. The molecular weight excluding hydrogens is 408 g/mol. The van der Waals surface area contributed by atoms with Crippen molar-refractivity contribution in [2.75, 3.05) is 16.3 Å². The molecule has 0 amide bonds. The third kappa shape index (κ3) is 4.18. The van der Waals surface area contributed by atoms with E-state index in [4.69, 9.17) is 0 Å². The molecule has 5 nitrogen and oxygen atoms in total. The first-order valence-corrected chi connectivity index (χ1v) is 11.9. The van der Waals surface area contributed by atoms with Crippen LogP contribution in [0.2, 0.25) is 0 Å². The van der Waals surface area contributed by atoms with Gasteiger partial charge in [-0.05, 0) is 41.7 Å². The van der Waals surface area contributed by atoms with Crippen molar-refractivity contribution in [3.63, 3.8) is 0 Å². The fourth-order valence-electron chi connectivity index (χ4n) is 4.22. The summed E-state index contributed by atoms with van der Waals surface area (Å²) in [7, 11) is -4.38. The van der Waals surface area contributed by atoms with Crippen LogP contribution in [0, 0.1) is 6.67 Å². The minimum absolute atomic E-state index is 0.121. The Hall–Kier alpha value is -2.83. The van der Waals surface area contributed by atoms with Gasteiger partial charge in [0.1, 0.15) is 4.90 Å². The van der Waals surface area contributed by atoms with Gasteiger partial charge in [-0.1, -0.05) is 74.5 Å². The Morgan fingerprint density at radius 2 is 1.52 bits per heavy atom. The molecule has 1 atom stereocenters. The largest absolute Gasteiger partial charge is 0.338 e. The van der Waals surface area contributed by atoms with E-state index in [-0.39, 0.29) is 10.9 Å². The molecule has 0 aliphatic carbocycles. The van der Waals surface area contributed by atoms with Gasteiger partial charge in [-0.2, -0.15) is 8.42 Å². The topological polar surface area (TPSA) is 60.9 Å². The summed E-state index contributed by atoms with van der Waals surface area (Å²) in [5.41, 5.74) is 5.04. The Morgan fingerprint density at radius 1 is 0.903 bits per heavy atom. The van der Waals surface area contributed by atoms with Gasteiger partial charge in [0.2, 0.25) is 6.67 Å². The molecule has 3 aromatic carbocycles. The molecular formula is C25H26N2O3S. The van der Waals surface area contributed by atoms with E-state index in [9.17, 15) is 13.0 Å². The molecule has 0 spiro atoms. The van der Waals surface area contributed by atoms with Crippen LogP contribution in [0.25, 0.3) is 0 Å². The zero-order chi connectivity index (χ0) is 22.0.